The molecule has 4 heteroatoms. The quantitative estimate of drug-likeness (QED) is 0.937. The Morgan fingerprint density at radius 2 is 2.05 bits per heavy atom. The van der Waals surface area contributed by atoms with Crippen LogP contribution < -0.4 is 14.8 Å². The molecule has 0 fully saturated rings. The number of nitrogens with one attached hydrogen (secondary N) is 1. The molecule has 3 rings (SSSR count). The fourth-order valence-electron chi connectivity index (χ4n) is 2.57. The van der Waals surface area contributed by atoms with Crippen molar-refractivity contribution in [1.29, 1.82) is 0 Å². The van der Waals surface area contributed by atoms with Crippen LogP contribution in [0.3, 0.4) is 0 Å². The number of likely N-dealkylation sites (N-methyl/N-ethyl adjacent to an activating group) is 1. The Morgan fingerprint density at radius 3 is 2.81 bits per heavy atom. The summed E-state index contributed by atoms with van der Waals surface area (Å²) >= 11 is 0. The molecule has 1 aromatic carbocycles. The van der Waals surface area contributed by atoms with Gasteiger partial charge in [0, 0.05) is 29.9 Å². The molecule has 0 amide bonds. The molecule has 0 saturated carbocycles. The fourth-order valence-corrected chi connectivity index (χ4v) is 2.57. The smallest absolute Gasteiger partial charge is 0.166 e. The van der Waals surface area contributed by atoms with Gasteiger partial charge in [0.1, 0.15) is 13.2 Å². The molecule has 1 unspecified atom stereocenters. The van der Waals surface area contributed by atoms with Gasteiger partial charge in [-0.3, -0.25) is 4.98 Å². The molecule has 2 heterocycles. The van der Waals surface area contributed by atoms with Crippen molar-refractivity contribution in [2.24, 2.45) is 0 Å². The van der Waals surface area contributed by atoms with Gasteiger partial charge in [-0.25, -0.2) is 0 Å². The Balaban J connectivity index is 1.88. The first-order valence-electron chi connectivity index (χ1n) is 7.25. The standard InChI is InChI=1S/C17H20N2O2/c1-12-6-7-13(19-11-12)10-15(18-2)14-4-3-5-16-17(14)21-9-8-20-16/h3-7,11,15,18H,8-10H2,1-2H3. The van der Waals surface area contributed by atoms with E-state index in [-0.39, 0.29) is 6.04 Å². The lowest BCUT2D eigenvalue weighted by Gasteiger charge is -2.25. The van der Waals surface area contributed by atoms with Crippen molar-refractivity contribution in [2.75, 3.05) is 20.3 Å². The number of hydrogen-bond donors (Lipinski definition) is 1. The van der Waals surface area contributed by atoms with Crippen LogP contribution in [-0.2, 0) is 6.42 Å². The Morgan fingerprint density at radius 1 is 1.19 bits per heavy atom. The number of benzene rings is 1. The second kappa shape index (κ2) is 6.14. The average Bonchev–Trinajstić information content (AvgIpc) is 2.54. The van der Waals surface area contributed by atoms with Crippen LogP contribution in [0, 0.1) is 6.92 Å². The molecule has 21 heavy (non-hydrogen) atoms. The summed E-state index contributed by atoms with van der Waals surface area (Å²) in [7, 11) is 1.96. The lowest BCUT2D eigenvalue weighted by molar-refractivity contribution is 0.168. The van der Waals surface area contributed by atoms with Crippen LogP contribution in [0.5, 0.6) is 11.5 Å². The zero-order valence-corrected chi connectivity index (χ0v) is 12.4. The number of aromatic nitrogens is 1. The van der Waals surface area contributed by atoms with Gasteiger partial charge in [-0.2, -0.15) is 0 Å². The van der Waals surface area contributed by atoms with Crippen LogP contribution in [-0.4, -0.2) is 25.2 Å². The maximum Gasteiger partial charge on any atom is 0.166 e. The van der Waals surface area contributed by atoms with E-state index in [9.17, 15) is 0 Å². The summed E-state index contributed by atoms with van der Waals surface area (Å²) in [6.07, 6.45) is 2.72. The summed E-state index contributed by atoms with van der Waals surface area (Å²) < 4.78 is 11.5. The molecule has 0 spiro atoms. The highest BCUT2D eigenvalue weighted by Crippen LogP contribution is 2.37. The number of pyridine rings is 1. The van der Waals surface area contributed by atoms with Crippen LogP contribution in [0.2, 0.25) is 0 Å². The Labute approximate surface area is 125 Å². The van der Waals surface area contributed by atoms with E-state index in [1.807, 2.05) is 32.3 Å². The average molecular weight is 284 g/mol. The zero-order valence-electron chi connectivity index (χ0n) is 12.4. The van der Waals surface area contributed by atoms with E-state index in [1.165, 1.54) is 5.56 Å². The second-order valence-electron chi connectivity index (χ2n) is 5.24. The molecule has 0 aliphatic carbocycles. The minimum atomic E-state index is 0.150. The number of nitrogens with zero attached hydrogens (tertiary/aromatic N) is 1. The summed E-state index contributed by atoms with van der Waals surface area (Å²) in [4.78, 5) is 4.49. The third kappa shape index (κ3) is 3.00. The first-order valence-corrected chi connectivity index (χ1v) is 7.25. The van der Waals surface area contributed by atoms with Gasteiger partial charge in [0.15, 0.2) is 11.5 Å². The molecular formula is C17H20N2O2. The van der Waals surface area contributed by atoms with Gasteiger partial charge in [-0.1, -0.05) is 18.2 Å². The normalized spacial score (nSPS) is 14.8. The topological polar surface area (TPSA) is 43.4 Å². The largest absolute Gasteiger partial charge is 0.486 e. The summed E-state index contributed by atoms with van der Waals surface area (Å²) in [6, 6.07) is 10.4. The van der Waals surface area contributed by atoms with Gasteiger partial charge in [-0.05, 0) is 31.7 Å². The molecule has 2 aromatic rings. The molecule has 1 aliphatic rings. The Hall–Kier alpha value is -2.07. The van der Waals surface area contributed by atoms with E-state index < -0.39 is 0 Å². The van der Waals surface area contributed by atoms with E-state index in [1.54, 1.807) is 0 Å². The highest BCUT2D eigenvalue weighted by Gasteiger charge is 2.21. The molecular weight excluding hydrogens is 264 g/mol. The van der Waals surface area contributed by atoms with Gasteiger partial charge in [-0.15, -0.1) is 0 Å². The minimum Gasteiger partial charge on any atom is -0.486 e. The lowest BCUT2D eigenvalue weighted by Crippen LogP contribution is -2.23. The molecule has 1 aliphatic heterocycles. The molecule has 0 bridgehead atoms. The minimum absolute atomic E-state index is 0.150. The van der Waals surface area contributed by atoms with Crippen LogP contribution >= 0.6 is 0 Å². The van der Waals surface area contributed by atoms with Crippen LogP contribution in [0.4, 0.5) is 0 Å². The fraction of sp³-hybridized carbons (Fsp3) is 0.353. The maximum absolute atomic E-state index is 5.81. The van der Waals surface area contributed by atoms with Crippen LogP contribution in [0.15, 0.2) is 36.5 Å². The van der Waals surface area contributed by atoms with Gasteiger partial charge in [0.25, 0.3) is 0 Å². The highest BCUT2D eigenvalue weighted by molar-refractivity contribution is 5.49. The summed E-state index contributed by atoms with van der Waals surface area (Å²) in [5, 5.41) is 3.36. The maximum atomic E-state index is 5.81. The van der Waals surface area contributed by atoms with Gasteiger partial charge in [0.05, 0.1) is 0 Å². The molecule has 4 nitrogen and oxygen atoms in total. The number of hydrogen-bond acceptors (Lipinski definition) is 4. The summed E-state index contributed by atoms with van der Waals surface area (Å²) in [6.45, 7) is 3.26. The van der Waals surface area contributed by atoms with Gasteiger partial charge in [0.2, 0.25) is 0 Å². The van der Waals surface area contributed by atoms with Crippen LogP contribution in [0.1, 0.15) is 22.9 Å². The number of fused-ring (bicyclic) bond motifs is 1. The number of aryl methyl sites for hydroxylation is 1. The predicted octanol–water partition coefficient (Wildman–Crippen LogP) is 2.66. The number of ether oxygens (including phenoxy) is 2. The summed E-state index contributed by atoms with van der Waals surface area (Å²) in [5.41, 5.74) is 3.36. The first-order chi connectivity index (χ1) is 10.3. The summed E-state index contributed by atoms with van der Waals surface area (Å²) in [5.74, 6) is 1.69. The van der Waals surface area contributed by atoms with Crippen LogP contribution in [0.25, 0.3) is 0 Å². The highest BCUT2D eigenvalue weighted by atomic mass is 16.6. The molecule has 1 aromatic heterocycles. The van der Waals surface area contributed by atoms with Gasteiger partial charge < -0.3 is 14.8 Å². The Kier molecular flexibility index (Phi) is 4.06. The van der Waals surface area contributed by atoms with E-state index >= 15 is 0 Å². The Bertz CT molecular complexity index is 611. The monoisotopic (exact) mass is 284 g/mol. The predicted molar refractivity (Wildman–Crippen MR) is 81.9 cm³/mol. The van der Waals surface area contributed by atoms with Crippen molar-refractivity contribution in [3.8, 4) is 11.5 Å². The second-order valence-corrected chi connectivity index (χ2v) is 5.24. The first kappa shape index (κ1) is 13.9. The third-order valence-electron chi connectivity index (χ3n) is 3.71. The van der Waals surface area contributed by atoms with Crippen molar-refractivity contribution in [2.45, 2.75) is 19.4 Å². The number of rotatable bonds is 4. The lowest BCUT2D eigenvalue weighted by atomic mass is 10.00. The molecule has 0 radical (unpaired) electrons. The molecule has 0 saturated heterocycles. The van der Waals surface area contributed by atoms with Crippen molar-refractivity contribution < 1.29 is 9.47 Å². The number of para-hydroxylation sites is 1. The third-order valence-corrected chi connectivity index (χ3v) is 3.71. The molecule has 1 atom stereocenters. The van der Waals surface area contributed by atoms with Crippen molar-refractivity contribution in [3.05, 3.63) is 53.3 Å². The SMILES string of the molecule is CNC(Cc1ccc(C)cn1)c1cccc2c1OCCO2. The van der Waals surface area contributed by atoms with E-state index in [2.05, 4.69) is 28.5 Å². The van der Waals surface area contributed by atoms with E-state index in [4.69, 9.17) is 9.47 Å². The van der Waals surface area contributed by atoms with E-state index in [0.717, 1.165) is 29.2 Å². The van der Waals surface area contributed by atoms with Crippen molar-refractivity contribution in [1.82, 2.24) is 10.3 Å². The van der Waals surface area contributed by atoms with Crippen molar-refractivity contribution >= 4 is 0 Å². The molecule has 110 valence electrons. The zero-order chi connectivity index (χ0) is 14.7. The molecule has 1 N–H and O–H groups in total. The van der Waals surface area contributed by atoms with Crippen molar-refractivity contribution in [3.63, 3.8) is 0 Å². The van der Waals surface area contributed by atoms with Gasteiger partial charge >= 0.3 is 0 Å². The van der Waals surface area contributed by atoms with E-state index in [0.29, 0.717) is 13.2 Å².